The van der Waals surface area contributed by atoms with Crippen molar-refractivity contribution < 1.29 is 9.53 Å². The van der Waals surface area contributed by atoms with Gasteiger partial charge < -0.3 is 14.2 Å². The number of halogens is 2. The summed E-state index contributed by atoms with van der Waals surface area (Å²) < 4.78 is 8.08. The molecule has 3 aromatic rings. The highest BCUT2D eigenvalue weighted by Crippen LogP contribution is 2.30. The van der Waals surface area contributed by atoms with E-state index in [1.807, 2.05) is 36.1 Å². The molecule has 1 amide bonds. The van der Waals surface area contributed by atoms with Crippen molar-refractivity contribution in [2.75, 3.05) is 17.4 Å². The highest BCUT2D eigenvalue weighted by Gasteiger charge is 2.25. The van der Waals surface area contributed by atoms with E-state index in [1.165, 1.54) is 5.69 Å². The highest BCUT2D eigenvalue weighted by atomic mass is 35.5. The van der Waals surface area contributed by atoms with Gasteiger partial charge in [-0.1, -0.05) is 29.8 Å². The number of ether oxygens (including phenoxy) is 1. The minimum Gasteiger partial charge on any atom is -0.483 e. The molecule has 0 N–H and O–H groups in total. The molecule has 1 aliphatic heterocycles. The zero-order valence-electron chi connectivity index (χ0n) is 16.2. The molecule has 4 nitrogen and oxygen atoms in total. The molecular weight excluding hydrogens is 407 g/mol. The van der Waals surface area contributed by atoms with E-state index in [-0.39, 0.29) is 12.5 Å². The molecule has 0 unspecified atom stereocenters. The van der Waals surface area contributed by atoms with E-state index in [9.17, 15) is 4.79 Å². The van der Waals surface area contributed by atoms with Crippen molar-refractivity contribution in [3.05, 3.63) is 82.1 Å². The number of fused-ring (bicyclic) bond motifs is 2. The zero-order chi connectivity index (χ0) is 20.4. The van der Waals surface area contributed by atoms with Crippen LogP contribution in [0.15, 0.2) is 54.6 Å². The Bertz CT molecular complexity index is 1050. The largest absolute Gasteiger partial charge is 0.483 e. The Hall–Kier alpha value is -2.43. The van der Waals surface area contributed by atoms with Crippen LogP contribution in [0.1, 0.15) is 22.5 Å². The van der Waals surface area contributed by atoms with Crippen LogP contribution in [0.2, 0.25) is 5.02 Å². The van der Waals surface area contributed by atoms with Gasteiger partial charge >= 0.3 is 0 Å². The van der Waals surface area contributed by atoms with Crippen molar-refractivity contribution in [2.24, 2.45) is 0 Å². The first kappa shape index (κ1) is 19.9. The van der Waals surface area contributed by atoms with E-state index in [0.717, 1.165) is 35.5 Å². The fourth-order valence-corrected chi connectivity index (χ4v) is 4.17. The third kappa shape index (κ3) is 4.14. The number of carbonyl (C=O) groups is 1. The zero-order valence-corrected chi connectivity index (χ0v) is 17.7. The molecule has 0 fully saturated rings. The molecule has 29 heavy (non-hydrogen) atoms. The maximum Gasteiger partial charge on any atom is 0.265 e. The number of para-hydroxylation sites is 1. The Kier molecular flexibility index (Phi) is 5.84. The number of amides is 1. The number of nitrogens with zero attached hydrogens (tertiary/aromatic N) is 2. The van der Waals surface area contributed by atoms with Crippen LogP contribution in [0.25, 0.3) is 0 Å². The second-order valence-corrected chi connectivity index (χ2v) is 7.96. The number of benzene rings is 2. The Balaban J connectivity index is 1.60. The molecule has 0 aliphatic carbocycles. The van der Waals surface area contributed by atoms with Gasteiger partial charge in [-0.25, -0.2) is 0 Å². The molecule has 150 valence electrons. The van der Waals surface area contributed by atoms with Gasteiger partial charge in [0.15, 0.2) is 6.61 Å². The van der Waals surface area contributed by atoms with Crippen molar-refractivity contribution in [2.45, 2.75) is 26.4 Å². The standard InChI is InChI=1S/C23H22Cl2N2O2/c1-16-12-18(25)6-9-22(16)29-15-23(28)27-14-20-8-7-19(10-11-24)26(20)13-17-4-2-3-5-21(17)27/h2-9,12H,10-11,13-15H2,1H3. The van der Waals surface area contributed by atoms with E-state index in [4.69, 9.17) is 27.9 Å². The first-order valence-corrected chi connectivity index (χ1v) is 10.5. The molecule has 0 saturated heterocycles. The number of rotatable bonds is 5. The van der Waals surface area contributed by atoms with E-state index in [0.29, 0.717) is 23.2 Å². The summed E-state index contributed by atoms with van der Waals surface area (Å²) in [7, 11) is 0. The van der Waals surface area contributed by atoms with Crippen LogP contribution in [0, 0.1) is 6.92 Å². The van der Waals surface area contributed by atoms with Gasteiger partial charge in [-0.15, -0.1) is 11.6 Å². The third-order valence-corrected chi connectivity index (χ3v) is 5.66. The summed E-state index contributed by atoms with van der Waals surface area (Å²) in [5.74, 6) is 1.15. The van der Waals surface area contributed by atoms with E-state index in [2.05, 4.69) is 22.8 Å². The van der Waals surface area contributed by atoms with Crippen LogP contribution in [-0.2, 0) is 24.3 Å². The average Bonchev–Trinajstić information content (AvgIpc) is 2.98. The number of alkyl halides is 1. The first-order valence-electron chi connectivity index (χ1n) is 9.57. The fourth-order valence-electron chi connectivity index (χ4n) is 3.75. The Morgan fingerprint density at radius 2 is 1.93 bits per heavy atom. The normalized spacial score (nSPS) is 12.9. The lowest BCUT2D eigenvalue weighted by Gasteiger charge is -2.23. The van der Waals surface area contributed by atoms with Crippen LogP contribution in [0.5, 0.6) is 5.75 Å². The summed E-state index contributed by atoms with van der Waals surface area (Å²) in [5.41, 5.74) is 5.22. The van der Waals surface area contributed by atoms with Gasteiger partial charge in [0.1, 0.15) is 5.75 Å². The molecule has 0 saturated carbocycles. The van der Waals surface area contributed by atoms with Crippen LogP contribution in [-0.4, -0.2) is 23.0 Å². The molecule has 2 heterocycles. The second kappa shape index (κ2) is 8.52. The van der Waals surface area contributed by atoms with Gasteiger partial charge in [-0.05, 0) is 54.4 Å². The highest BCUT2D eigenvalue weighted by molar-refractivity contribution is 6.30. The average molecular weight is 429 g/mol. The summed E-state index contributed by atoms with van der Waals surface area (Å²) in [6.07, 6.45) is 0.802. The SMILES string of the molecule is Cc1cc(Cl)ccc1OCC(=O)N1Cc2ccc(CCCl)n2Cc2ccccc21. The summed E-state index contributed by atoms with van der Waals surface area (Å²) in [4.78, 5) is 15.0. The van der Waals surface area contributed by atoms with Crippen LogP contribution in [0.4, 0.5) is 5.69 Å². The fraction of sp³-hybridized carbons (Fsp3) is 0.261. The Morgan fingerprint density at radius 3 is 2.72 bits per heavy atom. The first-order chi connectivity index (χ1) is 14.1. The summed E-state index contributed by atoms with van der Waals surface area (Å²) in [5, 5.41) is 0.649. The molecule has 0 bridgehead atoms. The second-order valence-electron chi connectivity index (χ2n) is 7.15. The monoisotopic (exact) mass is 428 g/mol. The lowest BCUT2D eigenvalue weighted by Crippen LogP contribution is -2.34. The van der Waals surface area contributed by atoms with Gasteiger partial charge in [-0.3, -0.25) is 4.79 Å². The van der Waals surface area contributed by atoms with Gasteiger partial charge in [0, 0.05) is 40.9 Å². The molecule has 2 aromatic carbocycles. The molecule has 0 radical (unpaired) electrons. The molecule has 1 aromatic heterocycles. The molecular formula is C23H22Cl2N2O2. The predicted molar refractivity (Wildman–Crippen MR) is 117 cm³/mol. The van der Waals surface area contributed by atoms with Gasteiger partial charge in [0.2, 0.25) is 0 Å². The van der Waals surface area contributed by atoms with Crippen molar-refractivity contribution >= 4 is 34.8 Å². The van der Waals surface area contributed by atoms with Crippen molar-refractivity contribution in [3.63, 3.8) is 0 Å². The van der Waals surface area contributed by atoms with Gasteiger partial charge in [0.25, 0.3) is 5.91 Å². The summed E-state index contributed by atoms with van der Waals surface area (Å²) >= 11 is 12.0. The maximum atomic E-state index is 13.2. The lowest BCUT2D eigenvalue weighted by molar-refractivity contribution is -0.120. The van der Waals surface area contributed by atoms with Crippen LogP contribution < -0.4 is 9.64 Å². The Morgan fingerprint density at radius 1 is 1.10 bits per heavy atom. The summed E-state index contributed by atoms with van der Waals surface area (Å²) in [6, 6.07) is 17.6. The number of anilines is 1. The number of aromatic nitrogens is 1. The smallest absolute Gasteiger partial charge is 0.265 e. The van der Waals surface area contributed by atoms with Crippen molar-refractivity contribution in [1.29, 1.82) is 0 Å². The van der Waals surface area contributed by atoms with Gasteiger partial charge in [0.05, 0.1) is 6.54 Å². The molecule has 0 atom stereocenters. The number of hydrogen-bond acceptors (Lipinski definition) is 2. The summed E-state index contributed by atoms with van der Waals surface area (Å²) in [6.45, 7) is 3.11. The minimum absolute atomic E-state index is 0.0357. The van der Waals surface area contributed by atoms with Gasteiger partial charge in [-0.2, -0.15) is 0 Å². The molecule has 4 rings (SSSR count). The molecule has 0 spiro atoms. The van der Waals surface area contributed by atoms with E-state index < -0.39 is 0 Å². The van der Waals surface area contributed by atoms with Crippen LogP contribution >= 0.6 is 23.2 Å². The van der Waals surface area contributed by atoms with E-state index in [1.54, 1.807) is 12.1 Å². The topological polar surface area (TPSA) is 34.5 Å². The third-order valence-electron chi connectivity index (χ3n) is 5.23. The number of hydrogen-bond donors (Lipinski definition) is 0. The van der Waals surface area contributed by atoms with Crippen LogP contribution in [0.3, 0.4) is 0 Å². The minimum atomic E-state index is -0.0830. The number of aryl methyl sites for hydroxylation is 2. The lowest BCUT2D eigenvalue weighted by atomic mass is 10.1. The quantitative estimate of drug-likeness (QED) is 0.523. The van der Waals surface area contributed by atoms with Crippen molar-refractivity contribution in [3.8, 4) is 5.75 Å². The molecule has 1 aliphatic rings. The maximum absolute atomic E-state index is 13.2. The Labute approximate surface area is 180 Å². The molecule has 6 heteroatoms. The van der Waals surface area contributed by atoms with Crippen molar-refractivity contribution in [1.82, 2.24) is 4.57 Å². The van der Waals surface area contributed by atoms with E-state index >= 15 is 0 Å². The predicted octanol–water partition coefficient (Wildman–Crippen LogP) is 5.21. The number of carbonyl (C=O) groups excluding carboxylic acids is 1.